The lowest BCUT2D eigenvalue weighted by Gasteiger charge is -2.31. The maximum Gasteiger partial charge on any atom is 0.324 e. The lowest BCUT2D eigenvalue weighted by atomic mass is 10.0. The second-order valence-corrected chi connectivity index (χ2v) is 5.04. The van der Waals surface area contributed by atoms with Crippen LogP contribution in [0, 0.1) is 0 Å². The lowest BCUT2D eigenvalue weighted by Crippen LogP contribution is -2.57. The van der Waals surface area contributed by atoms with Crippen molar-refractivity contribution in [1.29, 1.82) is 0 Å². The highest BCUT2D eigenvalue weighted by atomic mass is 16.4. The van der Waals surface area contributed by atoms with E-state index in [1.54, 1.807) is 0 Å². The standard InChI is InChI=1S/C11H20N2O2/c1-11(10(14)15,12-9-4-5-9)8-13-6-2-3-7-13/h9,12H,2-8H2,1H3,(H,14,15). The molecule has 1 saturated carbocycles. The fraction of sp³-hybridized carbons (Fsp3) is 0.909. The molecule has 4 heteroatoms. The van der Waals surface area contributed by atoms with Crippen molar-refractivity contribution in [3.8, 4) is 0 Å². The van der Waals surface area contributed by atoms with Gasteiger partial charge in [0.1, 0.15) is 5.54 Å². The van der Waals surface area contributed by atoms with Crippen molar-refractivity contribution in [1.82, 2.24) is 10.2 Å². The maximum absolute atomic E-state index is 11.3. The van der Waals surface area contributed by atoms with Crippen LogP contribution in [0.3, 0.4) is 0 Å². The number of likely N-dealkylation sites (tertiary alicyclic amines) is 1. The first kappa shape index (κ1) is 10.9. The Kier molecular flexibility index (Phi) is 2.98. The number of nitrogens with one attached hydrogen (secondary N) is 1. The van der Waals surface area contributed by atoms with E-state index in [2.05, 4.69) is 10.2 Å². The van der Waals surface area contributed by atoms with E-state index in [0.29, 0.717) is 12.6 Å². The van der Waals surface area contributed by atoms with Crippen molar-refractivity contribution < 1.29 is 9.90 Å². The fourth-order valence-corrected chi connectivity index (χ4v) is 2.24. The topological polar surface area (TPSA) is 52.6 Å². The van der Waals surface area contributed by atoms with Crippen molar-refractivity contribution >= 4 is 5.97 Å². The normalized spacial score (nSPS) is 26.5. The summed E-state index contributed by atoms with van der Waals surface area (Å²) in [5.41, 5.74) is -0.758. The van der Waals surface area contributed by atoms with Gasteiger partial charge in [-0.1, -0.05) is 0 Å². The highest BCUT2D eigenvalue weighted by Crippen LogP contribution is 2.24. The molecule has 2 N–H and O–H groups in total. The summed E-state index contributed by atoms with van der Waals surface area (Å²) in [6.07, 6.45) is 4.67. The molecule has 0 spiro atoms. The van der Waals surface area contributed by atoms with Gasteiger partial charge in [0, 0.05) is 12.6 Å². The van der Waals surface area contributed by atoms with Crippen molar-refractivity contribution in [2.24, 2.45) is 0 Å². The van der Waals surface area contributed by atoms with Gasteiger partial charge >= 0.3 is 5.97 Å². The monoisotopic (exact) mass is 212 g/mol. The highest BCUT2D eigenvalue weighted by molar-refractivity contribution is 5.78. The molecule has 0 bridgehead atoms. The first-order valence-corrected chi connectivity index (χ1v) is 5.84. The molecule has 1 saturated heterocycles. The van der Waals surface area contributed by atoms with Crippen LogP contribution in [0.4, 0.5) is 0 Å². The number of carboxylic acids is 1. The number of carboxylic acid groups (broad SMARTS) is 1. The van der Waals surface area contributed by atoms with Gasteiger partial charge < -0.3 is 10.0 Å². The third-order valence-electron chi connectivity index (χ3n) is 3.31. The van der Waals surface area contributed by atoms with Gasteiger partial charge in [0.15, 0.2) is 0 Å². The number of nitrogens with zero attached hydrogens (tertiary/aromatic N) is 1. The van der Waals surface area contributed by atoms with Crippen LogP contribution in [0.25, 0.3) is 0 Å². The zero-order valence-electron chi connectivity index (χ0n) is 9.33. The van der Waals surface area contributed by atoms with E-state index in [9.17, 15) is 9.90 Å². The molecule has 1 atom stereocenters. The SMILES string of the molecule is CC(CN1CCCC1)(NC1CC1)C(=O)O. The molecule has 1 aliphatic heterocycles. The minimum atomic E-state index is -0.758. The van der Waals surface area contributed by atoms with Gasteiger partial charge in [-0.15, -0.1) is 0 Å². The third kappa shape index (κ3) is 2.69. The number of hydrogen-bond donors (Lipinski definition) is 2. The zero-order chi connectivity index (χ0) is 10.9. The largest absolute Gasteiger partial charge is 0.480 e. The summed E-state index contributed by atoms with van der Waals surface area (Å²) in [6.45, 7) is 4.55. The molecular formula is C11H20N2O2. The number of rotatable bonds is 5. The van der Waals surface area contributed by atoms with Crippen LogP contribution in [0.15, 0.2) is 0 Å². The molecule has 4 nitrogen and oxygen atoms in total. The lowest BCUT2D eigenvalue weighted by molar-refractivity contribution is -0.145. The molecular weight excluding hydrogens is 192 g/mol. The van der Waals surface area contributed by atoms with Crippen LogP contribution >= 0.6 is 0 Å². The summed E-state index contributed by atoms with van der Waals surface area (Å²) in [4.78, 5) is 13.5. The van der Waals surface area contributed by atoms with E-state index in [-0.39, 0.29) is 0 Å². The average Bonchev–Trinajstić information content (AvgIpc) is 2.80. The molecule has 2 fully saturated rings. The maximum atomic E-state index is 11.3. The molecule has 1 aliphatic carbocycles. The van der Waals surface area contributed by atoms with E-state index < -0.39 is 11.5 Å². The van der Waals surface area contributed by atoms with Crippen LogP contribution in [-0.4, -0.2) is 47.2 Å². The second-order valence-electron chi connectivity index (χ2n) is 5.04. The van der Waals surface area contributed by atoms with Gasteiger partial charge in [-0.3, -0.25) is 10.1 Å². The summed E-state index contributed by atoms with van der Waals surface area (Å²) >= 11 is 0. The Morgan fingerprint density at radius 3 is 2.53 bits per heavy atom. The van der Waals surface area contributed by atoms with Gasteiger partial charge in [0.05, 0.1) is 0 Å². The highest BCUT2D eigenvalue weighted by Gasteiger charge is 2.40. The minimum Gasteiger partial charge on any atom is -0.480 e. The predicted molar refractivity (Wildman–Crippen MR) is 57.9 cm³/mol. The van der Waals surface area contributed by atoms with Crippen LogP contribution in [0.2, 0.25) is 0 Å². The van der Waals surface area contributed by atoms with Gasteiger partial charge in [0.2, 0.25) is 0 Å². The molecule has 15 heavy (non-hydrogen) atoms. The van der Waals surface area contributed by atoms with Crippen LogP contribution < -0.4 is 5.32 Å². The van der Waals surface area contributed by atoms with Crippen LogP contribution in [-0.2, 0) is 4.79 Å². The molecule has 0 amide bonds. The number of carbonyl (C=O) groups is 1. The zero-order valence-corrected chi connectivity index (χ0v) is 9.33. The predicted octanol–water partition coefficient (Wildman–Crippen LogP) is 0.677. The Morgan fingerprint density at radius 1 is 1.47 bits per heavy atom. The summed E-state index contributed by atoms with van der Waals surface area (Å²) in [5.74, 6) is -0.721. The number of aliphatic carboxylic acids is 1. The van der Waals surface area contributed by atoms with Gasteiger partial charge in [-0.2, -0.15) is 0 Å². The first-order chi connectivity index (χ1) is 7.10. The molecule has 1 unspecified atom stereocenters. The van der Waals surface area contributed by atoms with E-state index in [0.717, 1.165) is 25.9 Å². The smallest absolute Gasteiger partial charge is 0.324 e. The van der Waals surface area contributed by atoms with Crippen LogP contribution in [0.5, 0.6) is 0 Å². The van der Waals surface area contributed by atoms with Crippen LogP contribution in [0.1, 0.15) is 32.6 Å². The van der Waals surface area contributed by atoms with Gasteiger partial charge in [0.25, 0.3) is 0 Å². The van der Waals surface area contributed by atoms with Crippen molar-refractivity contribution in [3.05, 3.63) is 0 Å². The van der Waals surface area contributed by atoms with Gasteiger partial charge in [-0.05, 0) is 45.7 Å². The molecule has 1 heterocycles. The average molecular weight is 212 g/mol. The van der Waals surface area contributed by atoms with Crippen molar-refractivity contribution in [2.45, 2.75) is 44.2 Å². The summed E-state index contributed by atoms with van der Waals surface area (Å²) in [6, 6.07) is 0.439. The molecule has 0 radical (unpaired) electrons. The van der Waals surface area contributed by atoms with Gasteiger partial charge in [-0.25, -0.2) is 0 Å². The molecule has 0 aromatic heterocycles. The Balaban J connectivity index is 1.93. The molecule has 2 aliphatic rings. The number of hydrogen-bond acceptors (Lipinski definition) is 3. The Labute approximate surface area is 90.6 Å². The first-order valence-electron chi connectivity index (χ1n) is 5.84. The molecule has 86 valence electrons. The van der Waals surface area contributed by atoms with E-state index in [4.69, 9.17) is 0 Å². The molecule has 2 rings (SSSR count). The Hall–Kier alpha value is -0.610. The minimum absolute atomic E-state index is 0.439. The molecule has 0 aromatic rings. The summed E-state index contributed by atoms with van der Waals surface area (Å²) < 4.78 is 0. The quantitative estimate of drug-likeness (QED) is 0.703. The summed E-state index contributed by atoms with van der Waals surface area (Å²) in [7, 11) is 0. The third-order valence-corrected chi connectivity index (χ3v) is 3.31. The van der Waals surface area contributed by atoms with Crippen molar-refractivity contribution in [3.63, 3.8) is 0 Å². The second kappa shape index (κ2) is 4.10. The van der Waals surface area contributed by atoms with E-state index >= 15 is 0 Å². The Morgan fingerprint density at radius 2 is 2.07 bits per heavy atom. The van der Waals surface area contributed by atoms with E-state index in [1.807, 2.05) is 6.92 Å². The Bertz CT molecular complexity index is 247. The molecule has 0 aromatic carbocycles. The van der Waals surface area contributed by atoms with Crippen molar-refractivity contribution in [2.75, 3.05) is 19.6 Å². The summed E-state index contributed by atoms with van der Waals surface area (Å²) in [5, 5.41) is 12.5. The van der Waals surface area contributed by atoms with E-state index in [1.165, 1.54) is 12.8 Å². The fourth-order valence-electron chi connectivity index (χ4n) is 2.24.